The van der Waals surface area contributed by atoms with Gasteiger partial charge in [0, 0.05) is 19.3 Å². The highest BCUT2D eigenvalue weighted by Crippen LogP contribution is 2.12. The highest BCUT2D eigenvalue weighted by molar-refractivity contribution is 5.88. The molecule has 1 aliphatic heterocycles. The van der Waals surface area contributed by atoms with Gasteiger partial charge in [0.2, 0.25) is 11.8 Å². The zero-order valence-corrected chi connectivity index (χ0v) is 16.5. The van der Waals surface area contributed by atoms with Crippen molar-refractivity contribution in [1.82, 2.24) is 20.5 Å². The standard InChI is InChI=1S/C22H28N4O3/c27-21(24-12-15-29-19-9-4-10-23-17-19)16-20-22(28)25-11-14-26(20)13-5-8-18-6-2-1-3-7-18/h1-4,6-7,9-10,17,20H,5,8,11-16H2,(H,24,27)(H,25,28)/t20-/m1/s1. The van der Waals surface area contributed by atoms with Gasteiger partial charge < -0.3 is 15.4 Å². The van der Waals surface area contributed by atoms with Crippen LogP contribution in [0.15, 0.2) is 54.9 Å². The predicted octanol–water partition coefficient (Wildman–Crippen LogP) is 1.40. The Morgan fingerprint density at radius 1 is 1.24 bits per heavy atom. The van der Waals surface area contributed by atoms with E-state index in [4.69, 9.17) is 4.74 Å². The summed E-state index contributed by atoms with van der Waals surface area (Å²) in [6, 6.07) is 13.5. The fourth-order valence-corrected chi connectivity index (χ4v) is 3.42. The molecule has 1 aromatic heterocycles. The monoisotopic (exact) mass is 396 g/mol. The Morgan fingerprint density at radius 3 is 2.90 bits per heavy atom. The number of ether oxygens (including phenoxy) is 1. The van der Waals surface area contributed by atoms with Crippen LogP contribution in [-0.4, -0.2) is 60.5 Å². The first-order valence-corrected chi connectivity index (χ1v) is 10.1. The van der Waals surface area contributed by atoms with Gasteiger partial charge in [0.05, 0.1) is 25.2 Å². The molecule has 29 heavy (non-hydrogen) atoms. The van der Waals surface area contributed by atoms with E-state index in [1.54, 1.807) is 18.5 Å². The van der Waals surface area contributed by atoms with Crippen molar-refractivity contribution >= 4 is 11.8 Å². The third-order valence-electron chi connectivity index (χ3n) is 4.90. The second kappa shape index (κ2) is 11.2. The summed E-state index contributed by atoms with van der Waals surface area (Å²) < 4.78 is 5.52. The molecular formula is C22H28N4O3. The number of benzene rings is 1. The minimum Gasteiger partial charge on any atom is -0.490 e. The maximum absolute atomic E-state index is 12.3. The van der Waals surface area contributed by atoms with Crippen LogP contribution in [0.3, 0.4) is 0 Å². The van der Waals surface area contributed by atoms with Gasteiger partial charge in [0.15, 0.2) is 0 Å². The summed E-state index contributed by atoms with van der Waals surface area (Å²) in [7, 11) is 0. The van der Waals surface area contributed by atoms with E-state index in [-0.39, 0.29) is 18.2 Å². The molecule has 7 nitrogen and oxygen atoms in total. The van der Waals surface area contributed by atoms with Gasteiger partial charge in [-0.25, -0.2) is 0 Å². The number of aromatic nitrogens is 1. The zero-order valence-electron chi connectivity index (χ0n) is 16.5. The first-order valence-electron chi connectivity index (χ1n) is 10.1. The number of pyridine rings is 1. The Labute approximate surface area is 171 Å². The molecule has 7 heteroatoms. The van der Waals surface area contributed by atoms with Crippen LogP contribution in [0.1, 0.15) is 18.4 Å². The molecule has 1 aromatic carbocycles. The van der Waals surface area contributed by atoms with Crippen molar-refractivity contribution < 1.29 is 14.3 Å². The summed E-state index contributed by atoms with van der Waals surface area (Å²) in [4.78, 5) is 30.7. The van der Waals surface area contributed by atoms with E-state index >= 15 is 0 Å². The van der Waals surface area contributed by atoms with E-state index in [0.717, 1.165) is 25.9 Å². The number of nitrogens with one attached hydrogen (secondary N) is 2. The average Bonchev–Trinajstić information content (AvgIpc) is 2.75. The molecule has 1 atom stereocenters. The molecule has 1 aliphatic rings. The Kier molecular flexibility index (Phi) is 8.01. The van der Waals surface area contributed by atoms with E-state index in [2.05, 4.69) is 32.7 Å². The molecule has 2 heterocycles. The molecule has 3 rings (SSSR count). The van der Waals surface area contributed by atoms with Gasteiger partial charge in [0.1, 0.15) is 12.4 Å². The van der Waals surface area contributed by atoms with Gasteiger partial charge in [0.25, 0.3) is 0 Å². The average molecular weight is 396 g/mol. The first-order chi connectivity index (χ1) is 14.2. The van der Waals surface area contributed by atoms with Crippen molar-refractivity contribution in [3.8, 4) is 5.75 Å². The first kappa shape index (κ1) is 20.8. The van der Waals surface area contributed by atoms with Crippen LogP contribution in [0.25, 0.3) is 0 Å². The molecule has 2 amide bonds. The molecule has 0 radical (unpaired) electrons. The Hall–Kier alpha value is -2.93. The number of amides is 2. The fraction of sp³-hybridized carbons (Fsp3) is 0.409. The van der Waals surface area contributed by atoms with Gasteiger partial charge in [-0.15, -0.1) is 0 Å². The van der Waals surface area contributed by atoms with Crippen molar-refractivity contribution in [3.05, 3.63) is 60.4 Å². The molecule has 154 valence electrons. The van der Waals surface area contributed by atoms with Crippen LogP contribution >= 0.6 is 0 Å². The number of rotatable bonds is 10. The number of aryl methyl sites for hydroxylation is 1. The summed E-state index contributed by atoms with van der Waals surface area (Å²) in [6.45, 7) is 2.93. The van der Waals surface area contributed by atoms with E-state index in [1.165, 1.54) is 5.56 Å². The van der Waals surface area contributed by atoms with Crippen molar-refractivity contribution in [3.63, 3.8) is 0 Å². The van der Waals surface area contributed by atoms with Crippen LogP contribution in [0, 0.1) is 0 Å². The van der Waals surface area contributed by atoms with Crippen LogP contribution in [0.5, 0.6) is 5.75 Å². The quantitative estimate of drug-likeness (QED) is 0.593. The lowest BCUT2D eigenvalue weighted by Crippen LogP contribution is -2.56. The van der Waals surface area contributed by atoms with Gasteiger partial charge in [-0.3, -0.25) is 19.5 Å². The third-order valence-corrected chi connectivity index (χ3v) is 4.90. The Balaban J connectivity index is 1.40. The Morgan fingerprint density at radius 2 is 2.10 bits per heavy atom. The second-order valence-corrected chi connectivity index (χ2v) is 7.02. The third kappa shape index (κ3) is 6.87. The fourth-order valence-electron chi connectivity index (χ4n) is 3.42. The van der Waals surface area contributed by atoms with Crippen LogP contribution in [-0.2, 0) is 16.0 Å². The summed E-state index contributed by atoms with van der Waals surface area (Å²) >= 11 is 0. The topological polar surface area (TPSA) is 83.6 Å². The van der Waals surface area contributed by atoms with Crippen molar-refractivity contribution in [2.75, 3.05) is 32.8 Å². The van der Waals surface area contributed by atoms with Gasteiger partial charge in [-0.05, 0) is 37.1 Å². The molecule has 2 aromatic rings. The van der Waals surface area contributed by atoms with Crippen molar-refractivity contribution in [2.24, 2.45) is 0 Å². The molecular weight excluding hydrogens is 368 g/mol. The molecule has 0 spiro atoms. The molecule has 0 bridgehead atoms. The minimum atomic E-state index is -0.418. The van der Waals surface area contributed by atoms with Crippen molar-refractivity contribution in [1.29, 1.82) is 0 Å². The number of carbonyl (C=O) groups excluding carboxylic acids is 2. The summed E-state index contributed by atoms with van der Waals surface area (Å²) in [5.74, 6) is 0.450. The number of piperazine rings is 1. The van der Waals surface area contributed by atoms with Crippen molar-refractivity contribution in [2.45, 2.75) is 25.3 Å². The highest BCUT2D eigenvalue weighted by Gasteiger charge is 2.31. The maximum Gasteiger partial charge on any atom is 0.237 e. The maximum atomic E-state index is 12.3. The molecule has 0 aliphatic carbocycles. The number of nitrogens with zero attached hydrogens (tertiary/aromatic N) is 2. The normalized spacial score (nSPS) is 16.8. The van der Waals surface area contributed by atoms with Crippen LogP contribution in [0.2, 0.25) is 0 Å². The van der Waals surface area contributed by atoms with Gasteiger partial charge >= 0.3 is 0 Å². The SMILES string of the molecule is O=C(C[C@@H]1C(=O)NCCN1CCCc1ccccc1)NCCOc1cccnc1. The lowest BCUT2D eigenvalue weighted by Gasteiger charge is -2.34. The van der Waals surface area contributed by atoms with Crippen LogP contribution < -0.4 is 15.4 Å². The molecule has 1 saturated heterocycles. The lowest BCUT2D eigenvalue weighted by atomic mass is 10.1. The minimum absolute atomic E-state index is 0.0716. The van der Waals surface area contributed by atoms with E-state index in [1.807, 2.05) is 24.3 Å². The van der Waals surface area contributed by atoms with Gasteiger partial charge in [-0.2, -0.15) is 0 Å². The predicted molar refractivity (Wildman–Crippen MR) is 110 cm³/mol. The largest absolute Gasteiger partial charge is 0.490 e. The lowest BCUT2D eigenvalue weighted by molar-refractivity contribution is -0.134. The van der Waals surface area contributed by atoms with E-state index < -0.39 is 6.04 Å². The number of hydrogen-bond acceptors (Lipinski definition) is 5. The summed E-state index contributed by atoms with van der Waals surface area (Å²) in [5.41, 5.74) is 1.29. The molecule has 1 fully saturated rings. The highest BCUT2D eigenvalue weighted by atomic mass is 16.5. The molecule has 0 saturated carbocycles. The Bertz CT molecular complexity index is 770. The van der Waals surface area contributed by atoms with Gasteiger partial charge in [-0.1, -0.05) is 30.3 Å². The zero-order chi connectivity index (χ0) is 20.3. The summed E-state index contributed by atoms with van der Waals surface area (Å²) in [6.07, 6.45) is 5.37. The van der Waals surface area contributed by atoms with Crippen LogP contribution in [0.4, 0.5) is 0 Å². The van der Waals surface area contributed by atoms with E-state index in [0.29, 0.717) is 25.4 Å². The smallest absolute Gasteiger partial charge is 0.237 e. The second-order valence-electron chi connectivity index (χ2n) is 7.02. The van der Waals surface area contributed by atoms with E-state index in [9.17, 15) is 9.59 Å². The number of hydrogen-bond donors (Lipinski definition) is 2. The molecule has 0 unspecified atom stereocenters. The molecule has 2 N–H and O–H groups in total. The number of carbonyl (C=O) groups is 2. The summed E-state index contributed by atoms with van der Waals surface area (Å²) in [5, 5.41) is 5.70.